The van der Waals surface area contributed by atoms with Crippen LogP contribution in [-0.2, 0) is 7.05 Å². The zero-order valence-corrected chi connectivity index (χ0v) is 10.2. The van der Waals surface area contributed by atoms with Crippen LogP contribution in [-0.4, -0.2) is 4.57 Å². The summed E-state index contributed by atoms with van der Waals surface area (Å²) < 4.78 is 15.6. The number of aromatic nitrogens is 1. The highest BCUT2D eigenvalue weighted by molar-refractivity contribution is 9.10. The van der Waals surface area contributed by atoms with Crippen molar-refractivity contribution >= 4 is 15.9 Å². The van der Waals surface area contributed by atoms with E-state index in [-0.39, 0.29) is 11.4 Å². The number of rotatable bonds is 1. The molecule has 0 aliphatic rings. The molecule has 1 aromatic heterocycles. The van der Waals surface area contributed by atoms with Gasteiger partial charge in [-0.25, -0.2) is 4.39 Å². The summed E-state index contributed by atoms with van der Waals surface area (Å²) in [5, 5.41) is 0. The van der Waals surface area contributed by atoms with Crippen molar-refractivity contribution in [2.24, 2.45) is 7.05 Å². The normalized spacial score (nSPS) is 10.4. The van der Waals surface area contributed by atoms with Gasteiger partial charge in [0.2, 0.25) is 0 Å². The number of halogens is 2. The lowest BCUT2D eigenvalue weighted by Crippen LogP contribution is -2.15. The van der Waals surface area contributed by atoms with E-state index in [1.54, 1.807) is 31.4 Å². The van der Waals surface area contributed by atoms with Gasteiger partial charge in [0.05, 0.1) is 0 Å². The molecule has 2 nitrogen and oxygen atoms in total. The van der Waals surface area contributed by atoms with E-state index in [0.717, 1.165) is 0 Å². The smallest absolute Gasteiger partial charge is 0.251 e. The van der Waals surface area contributed by atoms with E-state index < -0.39 is 0 Å². The van der Waals surface area contributed by atoms with Crippen LogP contribution in [0.2, 0.25) is 0 Å². The van der Waals surface area contributed by atoms with Gasteiger partial charge in [-0.15, -0.1) is 0 Å². The first kappa shape index (κ1) is 11.1. The minimum Gasteiger partial charge on any atom is -0.318 e. The quantitative estimate of drug-likeness (QED) is 0.788. The molecule has 0 fully saturated rings. The fraction of sp³-hybridized carbons (Fsp3) is 0.0833. The summed E-state index contributed by atoms with van der Waals surface area (Å²) in [5.41, 5.74) is 1.01. The summed E-state index contributed by atoms with van der Waals surface area (Å²) in [5.74, 6) is -0.304. The molecule has 4 heteroatoms. The topological polar surface area (TPSA) is 22.0 Å². The van der Waals surface area contributed by atoms with Gasteiger partial charge >= 0.3 is 0 Å². The van der Waals surface area contributed by atoms with Crippen molar-refractivity contribution in [3.05, 3.63) is 57.2 Å². The van der Waals surface area contributed by atoms with E-state index in [2.05, 4.69) is 15.9 Å². The van der Waals surface area contributed by atoms with E-state index in [4.69, 9.17) is 0 Å². The summed E-state index contributed by atoms with van der Waals surface area (Å²) >= 11 is 3.27. The number of aryl methyl sites for hydroxylation is 1. The molecule has 1 heterocycles. The van der Waals surface area contributed by atoms with Crippen molar-refractivity contribution in [2.45, 2.75) is 0 Å². The van der Waals surface area contributed by atoms with Gasteiger partial charge in [0, 0.05) is 34.9 Å². The van der Waals surface area contributed by atoms with Crippen LogP contribution in [0.4, 0.5) is 4.39 Å². The van der Waals surface area contributed by atoms with E-state index >= 15 is 0 Å². The Bertz CT molecular complexity index is 592. The maximum atomic E-state index is 13.6. The van der Waals surface area contributed by atoms with E-state index in [1.165, 1.54) is 16.7 Å². The van der Waals surface area contributed by atoms with E-state index in [1.807, 2.05) is 0 Å². The maximum absolute atomic E-state index is 13.6. The van der Waals surface area contributed by atoms with E-state index in [9.17, 15) is 9.18 Å². The van der Waals surface area contributed by atoms with Crippen LogP contribution in [0.5, 0.6) is 0 Å². The summed E-state index contributed by atoms with van der Waals surface area (Å²) in [7, 11) is 1.64. The molecule has 0 amide bonds. The van der Waals surface area contributed by atoms with Gasteiger partial charge in [-0.3, -0.25) is 4.79 Å². The van der Waals surface area contributed by atoms with Gasteiger partial charge in [-0.05, 0) is 22.0 Å². The van der Waals surface area contributed by atoms with Gasteiger partial charge in [-0.1, -0.05) is 18.2 Å². The highest BCUT2D eigenvalue weighted by atomic mass is 79.9. The maximum Gasteiger partial charge on any atom is 0.251 e. The minimum atomic E-state index is -0.304. The Kier molecular flexibility index (Phi) is 2.92. The fourth-order valence-corrected chi connectivity index (χ4v) is 2.00. The van der Waals surface area contributed by atoms with Crippen LogP contribution in [0, 0.1) is 5.82 Å². The highest BCUT2D eigenvalue weighted by Crippen LogP contribution is 2.28. The van der Waals surface area contributed by atoms with Crippen LogP contribution in [0.3, 0.4) is 0 Å². The SMILES string of the molecule is Cn1cc(-c2ccccc2F)c(Br)cc1=O. The number of hydrogen-bond acceptors (Lipinski definition) is 1. The summed E-state index contributed by atoms with van der Waals surface area (Å²) in [6, 6.07) is 7.90. The molecule has 0 N–H and O–H groups in total. The zero-order chi connectivity index (χ0) is 11.7. The van der Waals surface area contributed by atoms with Gasteiger partial charge < -0.3 is 4.57 Å². The van der Waals surface area contributed by atoms with Crippen LogP contribution < -0.4 is 5.56 Å². The monoisotopic (exact) mass is 281 g/mol. The summed E-state index contributed by atoms with van der Waals surface area (Å²) in [4.78, 5) is 11.3. The molecule has 0 bridgehead atoms. The summed E-state index contributed by atoms with van der Waals surface area (Å²) in [6.07, 6.45) is 1.62. The average molecular weight is 282 g/mol. The third-order valence-electron chi connectivity index (χ3n) is 2.34. The number of benzene rings is 1. The predicted molar refractivity (Wildman–Crippen MR) is 64.8 cm³/mol. The highest BCUT2D eigenvalue weighted by Gasteiger charge is 2.09. The fourth-order valence-electron chi connectivity index (χ4n) is 1.48. The largest absolute Gasteiger partial charge is 0.318 e. The van der Waals surface area contributed by atoms with Crippen molar-refractivity contribution < 1.29 is 4.39 Å². The van der Waals surface area contributed by atoms with Crippen molar-refractivity contribution in [1.82, 2.24) is 4.57 Å². The second-order valence-electron chi connectivity index (χ2n) is 3.46. The lowest BCUT2D eigenvalue weighted by Gasteiger charge is -2.07. The molecule has 0 atom stereocenters. The average Bonchev–Trinajstić information content (AvgIpc) is 2.25. The van der Waals surface area contributed by atoms with Gasteiger partial charge in [-0.2, -0.15) is 0 Å². The first-order valence-electron chi connectivity index (χ1n) is 4.70. The molecule has 0 spiro atoms. The summed E-state index contributed by atoms with van der Waals surface area (Å²) in [6.45, 7) is 0. The molecular weight excluding hydrogens is 273 g/mol. The Labute approximate surface area is 100 Å². The number of nitrogens with zero attached hydrogens (tertiary/aromatic N) is 1. The number of hydrogen-bond donors (Lipinski definition) is 0. The van der Waals surface area contributed by atoms with Crippen molar-refractivity contribution in [2.75, 3.05) is 0 Å². The van der Waals surface area contributed by atoms with E-state index in [0.29, 0.717) is 15.6 Å². The Morgan fingerprint density at radius 2 is 1.94 bits per heavy atom. The molecule has 2 aromatic rings. The standard InChI is InChI=1S/C12H9BrFNO/c1-15-7-9(10(13)6-12(15)16)8-4-2-3-5-11(8)14/h2-7H,1H3. The second-order valence-corrected chi connectivity index (χ2v) is 4.32. The van der Waals surface area contributed by atoms with Crippen LogP contribution in [0.15, 0.2) is 45.8 Å². The third-order valence-corrected chi connectivity index (χ3v) is 3.00. The molecule has 2 rings (SSSR count). The predicted octanol–water partition coefficient (Wildman–Crippen LogP) is 2.95. The first-order chi connectivity index (χ1) is 7.59. The molecule has 0 aliphatic carbocycles. The van der Waals surface area contributed by atoms with Gasteiger partial charge in [0.25, 0.3) is 5.56 Å². The molecule has 0 radical (unpaired) electrons. The van der Waals surface area contributed by atoms with Crippen molar-refractivity contribution in [3.8, 4) is 11.1 Å². The molecule has 0 saturated heterocycles. The van der Waals surface area contributed by atoms with Crippen LogP contribution in [0.25, 0.3) is 11.1 Å². The Hall–Kier alpha value is -1.42. The Balaban J connectivity index is 2.70. The Morgan fingerprint density at radius 1 is 1.25 bits per heavy atom. The second kappa shape index (κ2) is 4.22. The van der Waals surface area contributed by atoms with Crippen LogP contribution >= 0.6 is 15.9 Å². The molecule has 1 aromatic carbocycles. The molecule has 0 aliphatic heterocycles. The molecule has 0 saturated carbocycles. The minimum absolute atomic E-state index is 0.132. The van der Waals surface area contributed by atoms with Crippen molar-refractivity contribution in [1.29, 1.82) is 0 Å². The zero-order valence-electron chi connectivity index (χ0n) is 8.58. The lowest BCUT2D eigenvalue weighted by atomic mass is 10.1. The molecule has 82 valence electrons. The first-order valence-corrected chi connectivity index (χ1v) is 5.50. The third kappa shape index (κ3) is 1.93. The Morgan fingerprint density at radius 3 is 2.62 bits per heavy atom. The molecule has 16 heavy (non-hydrogen) atoms. The lowest BCUT2D eigenvalue weighted by molar-refractivity contribution is 0.631. The number of pyridine rings is 1. The molecule has 0 unspecified atom stereocenters. The van der Waals surface area contributed by atoms with Crippen LogP contribution in [0.1, 0.15) is 0 Å². The van der Waals surface area contributed by atoms with Gasteiger partial charge in [0.1, 0.15) is 5.82 Å². The molecular formula is C12H9BrFNO. The van der Waals surface area contributed by atoms with Gasteiger partial charge in [0.15, 0.2) is 0 Å². The van der Waals surface area contributed by atoms with Crippen molar-refractivity contribution in [3.63, 3.8) is 0 Å².